The Morgan fingerprint density at radius 3 is 2.38 bits per heavy atom. The van der Waals surface area contributed by atoms with Gasteiger partial charge in [0.25, 0.3) is 0 Å². The molecule has 0 saturated heterocycles. The van der Waals surface area contributed by atoms with Crippen molar-refractivity contribution in [3.63, 3.8) is 0 Å². The maximum atomic E-state index is 12.1. The summed E-state index contributed by atoms with van der Waals surface area (Å²) >= 11 is 1.40. The summed E-state index contributed by atoms with van der Waals surface area (Å²) in [6, 6.07) is 6.02. The SMILES string of the molecule is CCOC(=O)[C@H](C)Sc1nnc(-c2cc(OC)cc(OC)c2)n1C1CCCCC1. The minimum atomic E-state index is -0.353. The van der Waals surface area contributed by atoms with Crippen LogP contribution in [0, 0.1) is 0 Å². The zero-order chi connectivity index (χ0) is 20.8. The summed E-state index contributed by atoms with van der Waals surface area (Å²) in [5.41, 5.74) is 0.884. The molecular weight excluding hydrogens is 390 g/mol. The predicted molar refractivity (Wildman–Crippen MR) is 113 cm³/mol. The molecule has 8 heteroatoms. The second-order valence-corrected chi connectivity index (χ2v) is 8.39. The van der Waals surface area contributed by atoms with Crippen LogP contribution in [0.3, 0.4) is 0 Å². The highest BCUT2D eigenvalue weighted by atomic mass is 32.2. The maximum Gasteiger partial charge on any atom is 0.319 e. The van der Waals surface area contributed by atoms with Crippen LogP contribution in [-0.2, 0) is 9.53 Å². The van der Waals surface area contributed by atoms with E-state index >= 15 is 0 Å². The molecule has 1 saturated carbocycles. The number of aromatic nitrogens is 3. The van der Waals surface area contributed by atoms with E-state index in [1.165, 1.54) is 31.0 Å². The van der Waals surface area contributed by atoms with Gasteiger partial charge in [-0.05, 0) is 38.8 Å². The van der Waals surface area contributed by atoms with Gasteiger partial charge in [0.1, 0.15) is 16.7 Å². The van der Waals surface area contributed by atoms with Crippen molar-refractivity contribution in [2.45, 2.75) is 62.4 Å². The highest BCUT2D eigenvalue weighted by Crippen LogP contribution is 2.38. The standard InChI is InChI=1S/C21H29N3O4S/c1-5-28-20(25)14(2)29-21-23-22-19(24(21)16-9-7-6-8-10-16)15-11-17(26-3)13-18(12-15)27-4/h11-14,16H,5-10H2,1-4H3/t14-/m0/s1. The number of ether oxygens (including phenoxy) is 3. The van der Waals surface area contributed by atoms with Gasteiger partial charge in [-0.25, -0.2) is 0 Å². The van der Waals surface area contributed by atoms with E-state index in [4.69, 9.17) is 14.2 Å². The molecule has 0 spiro atoms. The Morgan fingerprint density at radius 2 is 1.79 bits per heavy atom. The van der Waals surface area contributed by atoms with Crippen molar-refractivity contribution < 1.29 is 19.0 Å². The average Bonchev–Trinajstić information content (AvgIpc) is 3.17. The van der Waals surface area contributed by atoms with E-state index < -0.39 is 0 Å². The fourth-order valence-corrected chi connectivity index (χ4v) is 4.54. The van der Waals surface area contributed by atoms with E-state index in [0.29, 0.717) is 24.1 Å². The highest BCUT2D eigenvalue weighted by molar-refractivity contribution is 8.00. The molecule has 1 atom stereocenters. The van der Waals surface area contributed by atoms with E-state index in [1.54, 1.807) is 14.2 Å². The summed E-state index contributed by atoms with van der Waals surface area (Å²) in [5, 5.41) is 9.34. The summed E-state index contributed by atoms with van der Waals surface area (Å²) in [7, 11) is 3.26. The molecule has 7 nitrogen and oxygen atoms in total. The molecule has 2 aromatic rings. The molecule has 29 heavy (non-hydrogen) atoms. The molecule has 1 aliphatic carbocycles. The number of benzene rings is 1. The normalized spacial score (nSPS) is 15.7. The Bertz CT molecular complexity index is 811. The van der Waals surface area contributed by atoms with Crippen LogP contribution < -0.4 is 9.47 Å². The summed E-state index contributed by atoms with van der Waals surface area (Å²) < 4.78 is 18.2. The lowest BCUT2D eigenvalue weighted by atomic mass is 9.95. The fraction of sp³-hybridized carbons (Fsp3) is 0.571. The van der Waals surface area contributed by atoms with Crippen LogP contribution in [0.4, 0.5) is 0 Å². The lowest BCUT2D eigenvalue weighted by molar-refractivity contribution is -0.142. The van der Waals surface area contributed by atoms with Gasteiger partial charge in [0.05, 0.1) is 20.8 Å². The van der Waals surface area contributed by atoms with Crippen LogP contribution in [-0.4, -0.2) is 46.8 Å². The molecule has 1 fully saturated rings. The Kier molecular flexibility index (Phi) is 7.41. The van der Waals surface area contributed by atoms with Gasteiger partial charge in [-0.3, -0.25) is 9.36 Å². The molecular formula is C21H29N3O4S. The van der Waals surface area contributed by atoms with Crippen molar-refractivity contribution >= 4 is 17.7 Å². The number of carbonyl (C=O) groups is 1. The number of hydrogen-bond acceptors (Lipinski definition) is 7. The van der Waals surface area contributed by atoms with Crippen LogP contribution in [0.1, 0.15) is 52.0 Å². The third kappa shape index (κ3) is 5.04. The molecule has 0 unspecified atom stereocenters. The van der Waals surface area contributed by atoms with Crippen molar-refractivity contribution in [1.29, 1.82) is 0 Å². The van der Waals surface area contributed by atoms with Crippen molar-refractivity contribution in [2.75, 3.05) is 20.8 Å². The first-order valence-corrected chi connectivity index (χ1v) is 11.0. The van der Waals surface area contributed by atoms with Gasteiger partial charge in [-0.2, -0.15) is 0 Å². The monoisotopic (exact) mass is 419 g/mol. The van der Waals surface area contributed by atoms with E-state index in [9.17, 15) is 4.79 Å². The number of rotatable bonds is 8. The molecule has 3 rings (SSSR count). The van der Waals surface area contributed by atoms with Crippen LogP contribution in [0.2, 0.25) is 0 Å². The van der Waals surface area contributed by atoms with Crippen molar-refractivity contribution in [1.82, 2.24) is 14.8 Å². The first-order chi connectivity index (χ1) is 14.1. The van der Waals surface area contributed by atoms with Crippen LogP contribution in [0.25, 0.3) is 11.4 Å². The van der Waals surface area contributed by atoms with Gasteiger partial charge in [0.2, 0.25) is 0 Å². The molecule has 0 aliphatic heterocycles. The quantitative estimate of drug-likeness (QED) is 0.460. The number of esters is 1. The molecule has 1 aliphatic rings. The topological polar surface area (TPSA) is 75.5 Å². The van der Waals surface area contributed by atoms with Gasteiger partial charge in [-0.15, -0.1) is 10.2 Å². The summed E-state index contributed by atoms with van der Waals surface area (Å²) in [6.07, 6.45) is 5.77. The van der Waals surface area contributed by atoms with Crippen LogP contribution >= 0.6 is 11.8 Å². The molecule has 0 amide bonds. The Labute approximate surface area is 176 Å². The van der Waals surface area contributed by atoms with E-state index in [-0.39, 0.29) is 11.2 Å². The second-order valence-electron chi connectivity index (χ2n) is 7.08. The third-order valence-electron chi connectivity index (χ3n) is 5.11. The molecule has 0 N–H and O–H groups in total. The van der Waals surface area contributed by atoms with Gasteiger partial charge >= 0.3 is 5.97 Å². The van der Waals surface area contributed by atoms with Crippen molar-refractivity contribution in [3.05, 3.63) is 18.2 Å². The first-order valence-electron chi connectivity index (χ1n) is 10.1. The van der Waals surface area contributed by atoms with Gasteiger partial charge in [0.15, 0.2) is 11.0 Å². The summed E-state index contributed by atoms with van der Waals surface area (Å²) in [6.45, 7) is 4.03. The first kappa shape index (κ1) is 21.5. The number of hydrogen-bond donors (Lipinski definition) is 0. The maximum absolute atomic E-state index is 12.1. The summed E-state index contributed by atoms with van der Waals surface area (Å²) in [4.78, 5) is 12.1. The third-order valence-corrected chi connectivity index (χ3v) is 6.15. The van der Waals surface area contributed by atoms with E-state index in [0.717, 1.165) is 29.4 Å². The molecule has 0 bridgehead atoms. The number of methoxy groups -OCH3 is 2. The predicted octanol–water partition coefficient (Wildman–Crippen LogP) is 4.51. The Morgan fingerprint density at radius 1 is 1.14 bits per heavy atom. The number of nitrogens with zero attached hydrogens (tertiary/aromatic N) is 3. The zero-order valence-corrected chi connectivity index (χ0v) is 18.3. The van der Waals surface area contributed by atoms with E-state index in [1.807, 2.05) is 32.0 Å². The molecule has 1 aromatic carbocycles. The van der Waals surface area contributed by atoms with Gasteiger partial charge in [-0.1, -0.05) is 31.0 Å². The minimum absolute atomic E-state index is 0.236. The van der Waals surface area contributed by atoms with Crippen molar-refractivity contribution in [2.24, 2.45) is 0 Å². The van der Waals surface area contributed by atoms with Gasteiger partial charge < -0.3 is 14.2 Å². The van der Waals surface area contributed by atoms with E-state index in [2.05, 4.69) is 14.8 Å². The summed E-state index contributed by atoms with van der Waals surface area (Å²) in [5.74, 6) is 1.94. The van der Waals surface area contributed by atoms with Crippen molar-refractivity contribution in [3.8, 4) is 22.9 Å². The lowest BCUT2D eigenvalue weighted by Gasteiger charge is -2.26. The van der Waals surface area contributed by atoms with Gasteiger partial charge in [0, 0.05) is 17.7 Å². The van der Waals surface area contributed by atoms with Crippen LogP contribution in [0.5, 0.6) is 11.5 Å². The second kappa shape index (κ2) is 10.0. The smallest absolute Gasteiger partial charge is 0.319 e. The number of thioether (sulfide) groups is 1. The Balaban J connectivity index is 2.01. The van der Waals surface area contributed by atoms with Crippen LogP contribution in [0.15, 0.2) is 23.4 Å². The minimum Gasteiger partial charge on any atom is -0.497 e. The molecule has 0 radical (unpaired) electrons. The zero-order valence-electron chi connectivity index (χ0n) is 17.5. The molecule has 1 aromatic heterocycles. The Hall–Kier alpha value is -2.22. The fourth-order valence-electron chi connectivity index (χ4n) is 3.62. The lowest BCUT2D eigenvalue weighted by Crippen LogP contribution is -2.19. The number of carbonyl (C=O) groups excluding carboxylic acids is 1. The largest absolute Gasteiger partial charge is 0.497 e. The highest BCUT2D eigenvalue weighted by Gasteiger charge is 2.27. The molecule has 1 heterocycles. The average molecular weight is 420 g/mol. The molecule has 158 valence electrons.